The number of phenols is 3. The van der Waals surface area contributed by atoms with Gasteiger partial charge in [-0.05, 0) is 11.4 Å². The molecule has 3 aromatic rings. The number of hydrogen-bond acceptors (Lipinski definition) is 7. The zero-order valence-electron chi connectivity index (χ0n) is 13.4. The van der Waals surface area contributed by atoms with Crippen LogP contribution in [0.15, 0.2) is 35.8 Å². The Hall–Kier alpha value is -2.64. The summed E-state index contributed by atoms with van der Waals surface area (Å²) in [6.45, 7) is 1.82. The molecule has 6 nitrogen and oxygen atoms in total. The molecule has 1 aliphatic heterocycles. The first kappa shape index (κ1) is 15.9. The van der Waals surface area contributed by atoms with Gasteiger partial charge in [0.2, 0.25) is 0 Å². The van der Waals surface area contributed by atoms with Crippen LogP contribution in [0.4, 0.5) is 0 Å². The SMILES string of the molecule is Oc1cc(O)c(CN2CCc3nc(-c4cccs4)ncc3C2)c(O)c1. The van der Waals surface area contributed by atoms with Crippen LogP contribution in [0.3, 0.4) is 0 Å². The number of fused-ring (bicyclic) bond motifs is 1. The summed E-state index contributed by atoms with van der Waals surface area (Å²) < 4.78 is 0. The molecule has 0 unspecified atom stereocenters. The Bertz CT molecular complexity index is 889. The number of phenolic OH excluding ortho intramolecular Hbond substituents is 3. The second-order valence-electron chi connectivity index (χ2n) is 6.07. The third-order valence-corrected chi connectivity index (χ3v) is 5.19. The Labute approximate surface area is 148 Å². The molecule has 3 heterocycles. The lowest BCUT2D eigenvalue weighted by molar-refractivity contribution is 0.236. The summed E-state index contributed by atoms with van der Waals surface area (Å²) in [7, 11) is 0. The number of benzene rings is 1. The molecule has 0 saturated heterocycles. The molecule has 0 saturated carbocycles. The number of aromatic nitrogens is 2. The van der Waals surface area contributed by atoms with Gasteiger partial charge in [0.15, 0.2) is 5.82 Å². The van der Waals surface area contributed by atoms with E-state index in [2.05, 4.69) is 14.9 Å². The van der Waals surface area contributed by atoms with E-state index in [-0.39, 0.29) is 17.2 Å². The van der Waals surface area contributed by atoms with Crippen LogP contribution in [0.1, 0.15) is 16.8 Å². The van der Waals surface area contributed by atoms with Gasteiger partial charge in [-0.25, -0.2) is 9.97 Å². The van der Waals surface area contributed by atoms with Crippen molar-refractivity contribution in [3.63, 3.8) is 0 Å². The van der Waals surface area contributed by atoms with E-state index >= 15 is 0 Å². The van der Waals surface area contributed by atoms with Crippen LogP contribution in [0.25, 0.3) is 10.7 Å². The minimum atomic E-state index is -0.155. The maximum Gasteiger partial charge on any atom is 0.169 e. The van der Waals surface area contributed by atoms with Gasteiger partial charge in [-0.2, -0.15) is 0 Å². The first-order chi connectivity index (χ1) is 12.1. The van der Waals surface area contributed by atoms with Gasteiger partial charge in [0.25, 0.3) is 0 Å². The highest BCUT2D eigenvalue weighted by molar-refractivity contribution is 7.13. The maximum absolute atomic E-state index is 9.97. The standard InChI is InChI=1S/C18H17N3O3S/c22-12-6-15(23)13(16(24)7-12)10-21-4-3-14-11(9-21)8-19-18(20-14)17-2-1-5-25-17/h1-2,5-8,22-24H,3-4,9-10H2. The Kier molecular flexibility index (Phi) is 4.03. The molecule has 128 valence electrons. The number of thiophene rings is 1. The number of aromatic hydroxyl groups is 3. The second-order valence-corrected chi connectivity index (χ2v) is 7.01. The van der Waals surface area contributed by atoms with Crippen molar-refractivity contribution in [1.29, 1.82) is 0 Å². The molecule has 25 heavy (non-hydrogen) atoms. The van der Waals surface area contributed by atoms with Gasteiger partial charge in [0.1, 0.15) is 17.2 Å². The quantitative estimate of drug-likeness (QED) is 0.669. The van der Waals surface area contributed by atoms with E-state index in [4.69, 9.17) is 0 Å². The van der Waals surface area contributed by atoms with Crippen molar-refractivity contribution < 1.29 is 15.3 Å². The van der Waals surface area contributed by atoms with Crippen LogP contribution in [0, 0.1) is 0 Å². The van der Waals surface area contributed by atoms with Gasteiger partial charge in [0.05, 0.1) is 10.6 Å². The molecule has 0 bridgehead atoms. The number of hydrogen-bond donors (Lipinski definition) is 3. The molecular formula is C18H17N3O3S. The van der Waals surface area contributed by atoms with Crippen molar-refractivity contribution >= 4 is 11.3 Å². The zero-order valence-corrected chi connectivity index (χ0v) is 14.2. The molecule has 0 radical (unpaired) electrons. The molecule has 1 aliphatic rings. The number of nitrogens with zero attached hydrogens (tertiary/aromatic N) is 3. The minimum Gasteiger partial charge on any atom is -0.508 e. The van der Waals surface area contributed by atoms with E-state index in [9.17, 15) is 15.3 Å². The highest BCUT2D eigenvalue weighted by atomic mass is 32.1. The maximum atomic E-state index is 9.97. The van der Waals surface area contributed by atoms with Crippen LogP contribution in [-0.4, -0.2) is 36.7 Å². The fourth-order valence-electron chi connectivity index (χ4n) is 3.05. The molecular weight excluding hydrogens is 338 g/mol. The molecule has 4 rings (SSSR count). The molecule has 0 fully saturated rings. The number of rotatable bonds is 3. The van der Waals surface area contributed by atoms with Crippen LogP contribution < -0.4 is 0 Å². The van der Waals surface area contributed by atoms with Crippen molar-refractivity contribution in [2.45, 2.75) is 19.5 Å². The molecule has 0 aliphatic carbocycles. The fourth-order valence-corrected chi connectivity index (χ4v) is 3.71. The van der Waals surface area contributed by atoms with Crippen LogP contribution in [0.5, 0.6) is 17.2 Å². The first-order valence-corrected chi connectivity index (χ1v) is 8.83. The lowest BCUT2D eigenvalue weighted by Crippen LogP contribution is -2.31. The van der Waals surface area contributed by atoms with Crippen LogP contribution >= 0.6 is 11.3 Å². The highest BCUT2D eigenvalue weighted by Gasteiger charge is 2.21. The van der Waals surface area contributed by atoms with E-state index in [0.29, 0.717) is 18.7 Å². The first-order valence-electron chi connectivity index (χ1n) is 7.95. The summed E-state index contributed by atoms with van der Waals surface area (Å²) in [4.78, 5) is 12.3. The third kappa shape index (κ3) is 3.16. The molecule has 1 aromatic carbocycles. The summed E-state index contributed by atoms with van der Waals surface area (Å²) in [5.41, 5.74) is 2.52. The van der Waals surface area contributed by atoms with E-state index in [1.807, 2.05) is 23.7 Å². The second kappa shape index (κ2) is 6.34. The van der Waals surface area contributed by atoms with Crippen molar-refractivity contribution in [1.82, 2.24) is 14.9 Å². The largest absolute Gasteiger partial charge is 0.508 e. The average Bonchev–Trinajstić information content (AvgIpc) is 3.12. The summed E-state index contributed by atoms with van der Waals surface area (Å²) in [5.74, 6) is 0.397. The molecule has 3 N–H and O–H groups in total. The Morgan fingerprint density at radius 2 is 1.96 bits per heavy atom. The topological polar surface area (TPSA) is 89.7 Å². The van der Waals surface area contributed by atoms with Gasteiger partial charge in [-0.15, -0.1) is 11.3 Å². The van der Waals surface area contributed by atoms with Gasteiger partial charge in [0, 0.05) is 55.5 Å². The fraction of sp³-hybridized carbons (Fsp3) is 0.222. The Morgan fingerprint density at radius 1 is 1.16 bits per heavy atom. The van der Waals surface area contributed by atoms with Crippen molar-refractivity contribution in [2.75, 3.05) is 6.54 Å². The summed E-state index contributed by atoms with van der Waals surface area (Å²) in [6, 6.07) is 6.48. The van der Waals surface area contributed by atoms with E-state index in [1.54, 1.807) is 11.3 Å². The summed E-state index contributed by atoms with van der Waals surface area (Å²) in [6.07, 6.45) is 2.65. The predicted octanol–water partition coefficient (Wildman–Crippen LogP) is 2.88. The van der Waals surface area contributed by atoms with Crippen LogP contribution in [0.2, 0.25) is 0 Å². The minimum absolute atomic E-state index is 0.104. The highest BCUT2D eigenvalue weighted by Crippen LogP contribution is 2.34. The predicted molar refractivity (Wildman–Crippen MR) is 94.6 cm³/mol. The molecule has 0 amide bonds. The van der Waals surface area contributed by atoms with E-state index < -0.39 is 0 Å². The monoisotopic (exact) mass is 355 g/mol. The van der Waals surface area contributed by atoms with Gasteiger partial charge >= 0.3 is 0 Å². The van der Waals surface area contributed by atoms with Crippen LogP contribution in [-0.2, 0) is 19.5 Å². The molecule has 2 aromatic heterocycles. The lowest BCUT2D eigenvalue weighted by Gasteiger charge is -2.28. The molecule has 0 atom stereocenters. The Balaban J connectivity index is 1.54. The van der Waals surface area contributed by atoms with E-state index in [1.165, 1.54) is 12.1 Å². The van der Waals surface area contributed by atoms with Crippen molar-refractivity contribution in [2.24, 2.45) is 0 Å². The lowest BCUT2D eigenvalue weighted by atomic mass is 10.1. The average molecular weight is 355 g/mol. The zero-order chi connectivity index (χ0) is 17.4. The van der Waals surface area contributed by atoms with E-state index in [0.717, 1.165) is 34.9 Å². The Morgan fingerprint density at radius 3 is 2.68 bits per heavy atom. The van der Waals surface area contributed by atoms with Crippen molar-refractivity contribution in [3.05, 3.63) is 52.7 Å². The van der Waals surface area contributed by atoms with Gasteiger partial charge in [-0.1, -0.05) is 6.07 Å². The van der Waals surface area contributed by atoms with Gasteiger partial charge < -0.3 is 15.3 Å². The molecule has 7 heteroatoms. The smallest absolute Gasteiger partial charge is 0.169 e. The summed E-state index contributed by atoms with van der Waals surface area (Å²) >= 11 is 1.62. The normalized spacial score (nSPS) is 14.4. The summed E-state index contributed by atoms with van der Waals surface area (Å²) in [5, 5.41) is 31.4. The third-order valence-electron chi connectivity index (χ3n) is 4.32. The molecule has 0 spiro atoms. The van der Waals surface area contributed by atoms with Gasteiger partial charge in [-0.3, -0.25) is 4.90 Å². The van der Waals surface area contributed by atoms with Crippen molar-refractivity contribution in [3.8, 4) is 28.0 Å².